The predicted molar refractivity (Wildman–Crippen MR) is 125 cm³/mol. The van der Waals surface area contributed by atoms with Crippen molar-refractivity contribution in [2.45, 2.75) is 18.4 Å². The second-order valence-corrected chi connectivity index (χ2v) is 10.3. The Balaban J connectivity index is 1.33. The van der Waals surface area contributed by atoms with Gasteiger partial charge in [0.25, 0.3) is 15.9 Å². The van der Waals surface area contributed by atoms with Crippen molar-refractivity contribution in [2.24, 2.45) is 4.40 Å². The molecule has 174 valence electrons. The molecule has 4 rings (SSSR count). The van der Waals surface area contributed by atoms with Crippen LogP contribution in [0.1, 0.15) is 22.8 Å². The van der Waals surface area contributed by atoms with Crippen LogP contribution >= 0.6 is 11.8 Å². The van der Waals surface area contributed by atoms with Gasteiger partial charge in [-0.3, -0.25) is 4.79 Å². The SMILES string of the molecule is CCOc1ccc(CN(C)C(=O)COC(=O)c2ccc3c(c2)SC2=NS(=O)(=O)CCN23)cc1. The molecule has 0 atom stereocenters. The smallest absolute Gasteiger partial charge is 0.338 e. The third-order valence-electron chi connectivity index (χ3n) is 5.12. The molecule has 0 unspecified atom stereocenters. The van der Waals surface area contributed by atoms with Crippen molar-refractivity contribution in [3.63, 3.8) is 0 Å². The molecule has 0 spiro atoms. The van der Waals surface area contributed by atoms with Crippen molar-refractivity contribution >= 4 is 44.5 Å². The van der Waals surface area contributed by atoms with Gasteiger partial charge in [0.15, 0.2) is 11.8 Å². The van der Waals surface area contributed by atoms with Crippen LogP contribution in [0.4, 0.5) is 5.69 Å². The van der Waals surface area contributed by atoms with Gasteiger partial charge in [-0.1, -0.05) is 12.1 Å². The number of sulfonamides is 1. The van der Waals surface area contributed by atoms with Crippen LogP contribution in [-0.2, 0) is 26.1 Å². The first-order valence-electron chi connectivity index (χ1n) is 10.3. The first kappa shape index (κ1) is 23.1. The van der Waals surface area contributed by atoms with Crippen LogP contribution in [-0.4, -0.2) is 62.9 Å². The number of rotatable bonds is 7. The second-order valence-electron chi connectivity index (χ2n) is 7.50. The van der Waals surface area contributed by atoms with E-state index in [9.17, 15) is 18.0 Å². The van der Waals surface area contributed by atoms with Crippen LogP contribution in [0.3, 0.4) is 0 Å². The van der Waals surface area contributed by atoms with E-state index in [0.29, 0.717) is 24.9 Å². The van der Waals surface area contributed by atoms with Gasteiger partial charge in [-0.25, -0.2) is 13.2 Å². The number of hydrogen-bond acceptors (Lipinski definition) is 8. The van der Waals surface area contributed by atoms with Crippen LogP contribution in [0.25, 0.3) is 0 Å². The van der Waals surface area contributed by atoms with E-state index in [1.165, 1.54) is 16.7 Å². The summed E-state index contributed by atoms with van der Waals surface area (Å²) in [5.41, 5.74) is 2.01. The van der Waals surface area contributed by atoms with E-state index >= 15 is 0 Å². The standard InChI is InChI=1S/C22H23N3O6S2/c1-3-30-17-7-4-15(5-8-17)13-24(2)20(26)14-31-21(27)16-6-9-18-19(12-16)32-22-23-33(28,29)11-10-25(18)22/h4-9,12H,3,10-11,13-14H2,1-2H3. The highest BCUT2D eigenvalue weighted by Gasteiger charge is 2.33. The molecular weight excluding hydrogens is 466 g/mol. The average molecular weight is 490 g/mol. The number of benzene rings is 2. The van der Waals surface area contributed by atoms with Gasteiger partial charge in [-0.05, 0) is 54.6 Å². The highest BCUT2D eigenvalue weighted by atomic mass is 32.2. The Hall–Kier alpha value is -3.05. The summed E-state index contributed by atoms with van der Waals surface area (Å²) in [5.74, 6) is -0.237. The Labute approximate surface area is 196 Å². The predicted octanol–water partition coefficient (Wildman–Crippen LogP) is 2.51. The van der Waals surface area contributed by atoms with Crippen LogP contribution in [0.5, 0.6) is 5.75 Å². The van der Waals surface area contributed by atoms with Gasteiger partial charge in [0.05, 0.1) is 23.6 Å². The number of carbonyl (C=O) groups is 2. The van der Waals surface area contributed by atoms with Gasteiger partial charge in [0, 0.05) is 25.0 Å². The Morgan fingerprint density at radius 3 is 2.67 bits per heavy atom. The lowest BCUT2D eigenvalue weighted by molar-refractivity contribution is -0.133. The summed E-state index contributed by atoms with van der Waals surface area (Å²) in [7, 11) is -1.81. The number of nitrogens with zero attached hydrogens (tertiary/aromatic N) is 3. The number of fused-ring (bicyclic) bond motifs is 3. The van der Waals surface area contributed by atoms with Crippen molar-refractivity contribution in [3.05, 3.63) is 53.6 Å². The van der Waals surface area contributed by atoms with Gasteiger partial charge >= 0.3 is 5.97 Å². The van der Waals surface area contributed by atoms with E-state index in [-0.39, 0.29) is 23.8 Å². The number of ether oxygens (including phenoxy) is 2. The highest BCUT2D eigenvalue weighted by molar-refractivity contribution is 8.15. The van der Waals surface area contributed by atoms with Crippen LogP contribution in [0.15, 0.2) is 51.8 Å². The minimum absolute atomic E-state index is 0.0490. The molecule has 11 heteroatoms. The van der Waals surface area contributed by atoms with E-state index in [1.807, 2.05) is 36.1 Å². The zero-order valence-electron chi connectivity index (χ0n) is 18.2. The molecule has 2 aliphatic heterocycles. The molecular formula is C22H23N3O6S2. The third kappa shape index (κ3) is 5.31. The number of hydrogen-bond donors (Lipinski definition) is 0. The molecule has 2 aromatic rings. The lowest BCUT2D eigenvalue weighted by atomic mass is 10.2. The summed E-state index contributed by atoms with van der Waals surface area (Å²) in [6.45, 7) is 2.81. The largest absolute Gasteiger partial charge is 0.494 e. The number of carbonyl (C=O) groups excluding carboxylic acids is 2. The number of thioether (sulfide) groups is 1. The lowest BCUT2D eigenvalue weighted by Crippen LogP contribution is -2.35. The molecule has 0 N–H and O–H groups in total. The number of likely N-dealkylation sites (N-methyl/N-ethyl adjacent to an activating group) is 1. The molecule has 0 bridgehead atoms. The van der Waals surface area contributed by atoms with Crippen molar-refractivity contribution in [3.8, 4) is 5.75 Å². The maximum atomic E-state index is 12.5. The van der Waals surface area contributed by atoms with Gasteiger partial charge in [-0.15, -0.1) is 4.40 Å². The van der Waals surface area contributed by atoms with Gasteiger partial charge in [-0.2, -0.15) is 0 Å². The normalized spacial score (nSPS) is 15.8. The summed E-state index contributed by atoms with van der Waals surface area (Å²) >= 11 is 1.19. The number of esters is 1. The van der Waals surface area contributed by atoms with E-state index in [0.717, 1.165) is 21.9 Å². The fraction of sp³-hybridized carbons (Fsp3) is 0.318. The lowest BCUT2D eigenvalue weighted by Gasteiger charge is -2.22. The van der Waals surface area contributed by atoms with Crippen molar-refractivity contribution in [2.75, 3.05) is 37.5 Å². The summed E-state index contributed by atoms with van der Waals surface area (Å²) in [6, 6.07) is 12.4. The van der Waals surface area contributed by atoms with Crippen LogP contribution in [0, 0.1) is 0 Å². The molecule has 0 fully saturated rings. The van der Waals surface area contributed by atoms with Gasteiger partial charge in [0.2, 0.25) is 0 Å². The molecule has 0 aromatic heterocycles. The fourth-order valence-corrected chi connectivity index (χ4v) is 5.69. The van der Waals surface area contributed by atoms with Crippen molar-refractivity contribution < 1.29 is 27.5 Å². The van der Waals surface area contributed by atoms with E-state index in [1.54, 1.807) is 25.2 Å². The van der Waals surface area contributed by atoms with E-state index in [4.69, 9.17) is 9.47 Å². The maximum absolute atomic E-state index is 12.5. The molecule has 1 amide bonds. The van der Waals surface area contributed by atoms with Crippen LogP contribution < -0.4 is 9.64 Å². The molecule has 0 aliphatic carbocycles. The minimum Gasteiger partial charge on any atom is -0.494 e. The van der Waals surface area contributed by atoms with E-state index in [2.05, 4.69) is 4.40 Å². The topological polar surface area (TPSA) is 106 Å². The van der Waals surface area contributed by atoms with Crippen LogP contribution in [0.2, 0.25) is 0 Å². The summed E-state index contributed by atoms with van der Waals surface area (Å²) in [5, 5.41) is 0.382. The first-order valence-corrected chi connectivity index (χ1v) is 12.7. The zero-order chi connectivity index (χ0) is 23.6. The maximum Gasteiger partial charge on any atom is 0.338 e. The Bertz CT molecular complexity index is 1210. The Morgan fingerprint density at radius 2 is 1.94 bits per heavy atom. The molecule has 0 radical (unpaired) electrons. The molecule has 0 saturated heterocycles. The summed E-state index contributed by atoms with van der Waals surface area (Å²) in [6.07, 6.45) is 0. The molecule has 2 aromatic carbocycles. The second kappa shape index (κ2) is 9.44. The van der Waals surface area contributed by atoms with Gasteiger partial charge in [0.1, 0.15) is 5.75 Å². The van der Waals surface area contributed by atoms with Gasteiger partial charge < -0.3 is 19.3 Å². The number of amides is 1. The third-order valence-corrected chi connectivity index (χ3v) is 7.42. The van der Waals surface area contributed by atoms with Crippen molar-refractivity contribution in [1.82, 2.24) is 4.90 Å². The molecule has 2 aliphatic rings. The molecule has 33 heavy (non-hydrogen) atoms. The summed E-state index contributed by atoms with van der Waals surface area (Å²) < 4.78 is 37.9. The van der Waals surface area contributed by atoms with Crippen molar-refractivity contribution in [1.29, 1.82) is 0 Å². The average Bonchev–Trinajstić information content (AvgIpc) is 3.14. The number of anilines is 1. The highest BCUT2D eigenvalue weighted by Crippen LogP contribution is 2.42. The first-order chi connectivity index (χ1) is 15.8. The number of amidine groups is 1. The quantitative estimate of drug-likeness (QED) is 0.547. The fourth-order valence-electron chi connectivity index (χ4n) is 3.40. The Kier molecular flexibility index (Phi) is 6.61. The Morgan fingerprint density at radius 1 is 1.18 bits per heavy atom. The monoisotopic (exact) mass is 489 g/mol. The molecule has 0 saturated carbocycles. The summed E-state index contributed by atoms with van der Waals surface area (Å²) in [4.78, 5) is 28.9. The zero-order valence-corrected chi connectivity index (χ0v) is 19.8. The van der Waals surface area contributed by atoms with E-state index < -0.39 is 16.0 Å². The molecule has 9 nitrogen and oxygen atoms in total. The molecule has 2 heterocycles. The minimum atomic E-state index is -3.45.